The predicted molar refractivity (Wildman–Crippen MR) is 23.4 cm³/mol. The molecule has 0 aromatic rings. The van der Waals surface area contributed by atoms with Crippen molar-refractivity contribution in [2.24, 2.45) is 0 Å². The first kappa shape index (κ1) is 8.31. The second-order valence-electron chi connectivity index (χ2n) is 1.10. The molecule has 0 saturated heterocycles. The van der Waals surface area contributed by atoms with Crippen molar-refractivity contribution < 1.29 is 24.8 Å². The highest BCUT2D eigenvalue weighted by molar-refractivity contribution is 5.70. The maximum atomic E-state index is 10.1. The van der Waals surface area contributed by atoms with E-state index in [1.54, 1.807) is 0 Å². The smallest absolute Gasteiger partial charge is 0.334 e. The van der Waals surface area contributed by atoms with Crippen molar-refractivity contribution in [3.8, 4) is 0 Å². The summed E-state index contributed by atoms with van der Waals surface area (Å²) in [5.74, 6) is -0.692. The Morgan fingerprint density at radius 2 is 2.22 bits per heavy atom. The van der Waals surface area contributed by atoms with Crippen LogP contribution in [-0.4, -0.2) is 35.5 Å². The number of nitrogens with zero attached hydrogens (tertiary/aromatic N) is 1. The maximum absolute atomic E-state index is 10.1. The molecular formula is C3H7NO5. The Morgan fingerprint density at radius 3 is 2.56 bits per heavy atom. The second kappa shape index (κ2) is 4.21. The molecule has 0 aliphatic carbocycles. The summed E-state index contributed by atoms with van der Waals surface area (Å²) >= 11 is 0. The summed E-state index contributed by atoms with van der Waals surface area (Å²) in [7, 11) is 1.16. The molecule has 6 heteroatoms. The lowest BCUT2D eigenvalue weighted by Crippen LogP contribution is -2.20. The Bertz CT molecular complexity index is 92.2. The van der Waals surface area contributed by atoms with Crippen molar-refractivity contribution in [1.82, 2.24) is 5.39 Å². The van der Waals surface area contributed by atoms with Crippen LogP contribution >= 0.6 is 0 Å². The summed E-state index contributed by atoms with van der Waals surface area (Å²) in [5, 5.41) is 15.2. The van der Waals surface area contributed by atoms with Gasteiger partial charge in [-0.25, -0.2) is 9.63 Å². The molecule has 0 atom stereocenters. The van der Waals surface area contributed by atoms with Gasteiger partial charge in [-0.15, -0.1) is 0 Å². The minimum Gasteiger partial charge on any atom is -0.467 e. The van der Waals surface area contributed by atoms with Gasteiger partial charge in [0.2, 0.25) is 0 Å². The van der Waals surface area contributed by atoms with Gasteiger partial charge in [0.05, 0.1) is 12.5 Å². The molecule has 0 rings (SSSR count). The van der Waals surface area contributed by atoms with Gasteiger partial charge in [0.1, 0.15) is 0 Å². The first-order valence-corrected chi connectivity index (χ1v) is 2.04. The third-order valence-corrected chi connectivity index (χ3v) is 0.526. The van der Waals surface area contributed by atoms with E-state index in [0.29, 0.717) is 0 Å². The molecule has 0 unspecified atom stereocenters. The first-order valence-electron chi connectivity index (χ1n) is 2.04. The number of carbonyl (C=O) groups excluding carboxylic acids is 1. The van der Waals surface area contributed by atoms with Crippen molar-refractivity contribution >= 4 is 5.97 Å². The molecule has 0 bridgehead atoms. The monoisotopic (exact) mass is 137 g/mol. The zero-order valence-electron chi connectivity index (χ0n) is 4.77. The van der Waals surface area contributed by atoms with Gasteiger partial charge >= 0.3 is 5.97 Å². The summed E-state index contributed by atoms with van der Waals surface area (Å²) in [5.41, 5.74) is 0. The average molecular weight is 137 g/mol. The van der Waals surface area contributed by atoms with Crippen LogP contribution in [0.5, 0.6) is 0 Å². The number of ether oxygens (including phenoxy) is 1. The molecular weight excluding hydrogens is 130 g/mol. The van der Waals surface area contributed by atoms with Gasteiger partial charge in [-0.3, -0.25) is 10.4 Å². The van der Waals surface area contributed by atoms with E-state index in [1.807, 2.05) is 0 Å². The standard InChI is InChI=1S/C3H7NO5/c1-8-3(5)2-9-4(6)7/h6-7H,2H2,1H3. The minimum absolute atomic E-state index is 0.524. The minimum atomic E-state index is -0.692. The lowest BCUT2D eigenvalue weighted by molar-refractivity contribution is -0.489. The van der Waals surface area contributed by atoms with Crippen LogP contribution in [0.1, 0.15) is 0 Å². The molecule has 0 aliphatic heterocycles. The van der Waals surface area contributed by atoms with Crippen LogP contribution in [0.25, 0.3) is 0 Å². The quantitative estimate of drug-likeness (QED) is 0.390. The van der Waals surface area contributed by atoms with E-state index in [0.717, 1.165) is 7.11 Å². The fourth-order valence-corrected chi connectivity index (χ4v) is 0.169. The highest BCUT2D eigenvalue weighted by atomic mass is 17.1. The molecule has 0 heterocycles. The summed E-state index contributed by atoms with van der Waals surface area (Å²) in [6, 6.07) is 0. The molecule has 0 saturated carbocycles. The zero-order valence-corrected chi connectivity index (χ0v) is 4.77. The first-order chi connectivity index (χ1) is 4.16. The maximum Gasteiger partial charge on any atom is 0.334 e. The molecule has 0 radical (unpaired) electrons. The molecule has 9 heavy (non-hydrogen) atoms. The zero-order chi connectivity index (χ0) is 7.28. The third kappa shape index (κ3) is 5.18. The number of hydrogen-bond acceptors (Lipinski definition) is 6. The number of rotatable bonds is 3. The Labute approximate surface area is 51.1 Å². The van der Waals surface area contributed by atoms with E-state index in [2.05, 4.69) is 9.57 Å². The van der Waals surface area contributed by atoms with E-state index in [1.165, 1.54) is 0 Å². The van der Waals surface area contributed by atoms with E-state index < -0.39 is 18.0 Å². The van der Waals surface area contributed by atoms with Crippen molar-refractivity contribution in [2.45, 2.75) is 0 Å². The Morgan fingerprint density at radius 1 is 1.67 bits per heavy atom. The number of hydrogen-bond donors (Lipinski definition) is 2. The molecule has 0 aromatic carbocycles. The lowest BCUT2D eigenvalue weighted by atomic mass is 10.7. The molecule has 0 fully saturated rings. The van der Waals surface area contributed by atoms with Crippen LogP contribution < -0.4 is 0 Å². The van der Waals surface area contributed by atoms with Crippen LogP contribution in [0.15, 0.2) is 0 Å². The predicted octanol–water partition coefficient (Wildman–Crippen LogP) is -0.829. The summed E-state index contributed by atoms with van der Waals surface area (Å²) in [6.07, 6.45) is 0. The molecule has 0 aliphatic rings. The van der Waals surface area contributed by atoms with Crippen LogP contribution in [0.2, 0.25) is 0 Å². The summed E-state index contributed by atoms with van der Waals surface area (Å²) in [4.78, 5) is 14.0. The highest BCUT2D eigenvalue weighted by Crippen LogP contribution is 1.78. The van der Waals surface area contributed by atoms with Gasteiger partial charge < -0.3 is 4.74 Å². The van der Waals surface area contributed by atoms with Gasteiger partial charge in [0, 0.05) is 0 Å². The van der Waals surface area contributed by atoms with Crippen LogP contribution in [0.3, 0.4) is 0 Å². The van der Waals surface area contributed by atoms with Gasteiger partial charge in [0.15, 0.2) is 6.61 Å². The Hall–Kier alpha value is -0.690. The van der Waals surface area contributed by atoms with Gasteiger partial charge in [-0.1, -0.05) is 0 Å². The Balaban J connectivity index is 3.17. The third-order valence-electron chi connectivity index (χ3n) is 0.526. The molecule has 0 spiro atoms. The molecule has 54 valence electrons. The van der Waals surface area contributed by atoms with Crippen LogP contribution in [0.4, 0.5) is 0 Å². The molecule has 0 aromatic heterocycles. The van der Waals surface area contributed by atoms with E-state index in [9.17, 15) is 4.79 Å². The van der Waals surface area contributed by atoms with E-state index >= 15 is 0 Å². The lowest BCUT2D eigenvalue weighted by Gasteiger charge is -2.03. The Kier molecular flexibility index (Phi) is 3.89. The second-order valence-corrected chi connectivity index (χ2v) is 1.10. The van der Waals surface area contributed by atoms with Crippen LogP contribution in [-0.2, 0) is 14.4 Å². The molecule has 0 amide bonds. The molecule has 2 N–H and O–H groups in total. The summed E-state index contributed by atoms with van der Waals surface area (Å²) in [6.45, 7) is -0.524. The summed E-state index contributed by atoms with van der Waals surface area (Å²) < 4.78 is 4.09. The van der Waals surface area contributed by atoms with Gasteiger partial charge in [-0.05, 0) is 0 Å². The van der Waals surface area contributed by atoms with Gasteiger partial charge in [0.25, 0.3) is 0 Å². The fraction of sp³-hybridized carbons (Fsp3) is 0.667. The topological polar surface area (TPSA) is 79.2 Å². The normalized spacial score (nSPS) is 9.78. The number of esters is 1. The fourth-order valence-electron chi connectivity index (χ4n) is 0.169. The largest absolute Gasteiger partial charge is 0.467 e. The van der Waals surface area contributed by atoms with Gasteiger partial charge in [-0.2, -0.15) is 0 Å². The number of methoxy groups -OCH3 is 1. The SMILES string of the molecule is COC(=O)CON(O)O. The van der Waals surface area contributed by atoms with Crippen molar-refractivity contribution in [3.63, 3.8) is 0 Å². The molecule has 6 nitrogen and oxygen atoms in total. The van der Waals surface area contributed by atoms with Crippen molar-refractivity contribution in [1.29, 1.82) is 0 Å². The van der Waals surface area contributed by atoms with Crippen molar-refractivity contribution in [2.75, 3.05) is 13.7 Å². The highest BCUT2D eigenvalue weighted by Gasteiger charge is 2.01. The average Bonchev–Trinajstić information content (AvgIpc) is 1.83. The van der Waals surface area contributed by atoms with Crippen molar-refractivity contribution in [3.05, 3.63) is 0 Å². The number of carbonyl (C=O) groups is 1. The van der Waals surface area contributed by atoms with E-state index in [-0.39, 0.29) is 0 Å². The van der Waals surface area contributed by atoms with E-state index in [4.69, 9.17) is 10.4 Å². The van der Waals surface area contributed by atoms with Crippen LogP contribution in [0, 0.1) is 0 Å².